The van der Waals surface area contributed by atoms with Crippen LogP contribution in [-0.4, -0.2) is 43.3 Å². The summed E-state index contributed by atoms with van der Waals surface area (Å²) in [6.45, 7) is 3.47. The zero-order valence-corrected chi connectivity index (χ0v) is 12.6. The number of nitrogens with one attached hydrogen (secondary N) is 1. The second-order valence-electron chi connectivity index (χ2n) is 5.31. The van der Waals surface area contributed by atoms with Crippen LogP contribution in [0.3, 0.4) is 0 Å². The second kappa shape index (κ2) is 7.26. The molecule has 0 aromatic heterocycles. The van der Waals surface area contributed by atoms with E-state index in [1.54, 1.807) is 24.3 Å². The summed E-state index contributed by atoms with van der Waals surface area (Å²) in [4.78, 5) is 23.3. The van der Waals surface area contributed by atoms with Gasteiger partial charge in [-0.3, -0.25) is 9.59 Å². The molecule has 0 aliphatic heterocycles. The molecule has 0 atom stereocenters. The fraction of sp³-hybridized carbons (Fsp3) is 0.500. The van der Waals surface area contributed by atoms with Crippen molar-refractivity contribution in [3.8, 4) is 5.75 Å². The number of carbonyl (C=O) groups excluding carboxylic acids is 1. The van der Waals surface area contributed by atoms with Gasteiger partial charge in [0.25, 0.3) is 5.91 Å². The Labute approximate surface area is 129 Å². The van der Waals surface area contributed by atoms with Gasteiger partial charge in [-0.15, -0.1) is 0 Å². The number of carboxylic acid groups (broad SMARTS) is 1. The van der Waals surface area contributed by atoms with Gasteiger partial charge in [0.1, 0.15) is 12.4 Å². The molecule has 0 heterocycles. The molecule has 6 heteroatoms. The van der Waals surface area contributed by atoms with Crippen LogP contribution < -0.4 is 10.1 Å². The summed E-state index contributed by atoms with van der Waals surface area (Å²) in [5.74, 6) is -0.701. The SMILES string of the molecule is CCOCCOc1ccccc1C(=O)NCC1(C(=O)O)CC1. The van der Waals surface area contributed by atoms with E-state index < -0.39 is 11.4 Å². The molecule has 0 spiro atoms. The minimum Gasteiger partial charge on any atom is -0.490 e. The number of amides is 1. The number of carbonyl (C=O) groups is 2. The van der Waals surface area contributed by atoms with Crippen LogP contribution in [0.25, 0.3) is 0 Å². The molecule has 0 unspecified atom stereocenters. The molecule has 0 bridgehead atoms. The molecule has 1 aliphatic rings. The third-order valence-corrected chi connectivity index (χ3v) is 3.72. The van der Waals surface area contributed by atoms with Crippen LogP contribution in [-0.2, 0) is 9.53 Å². The van der Waals surface area contributed by atoms with Gasteiger partial charge in [-0.25, -0.2) is 0 Å². The van der Waals surface area contributed by atoms with Crippen molar-refractivity contribution in [1.29, 1.82) is 0 Å². The van der Waals surface area contributed by atoms with E-state index in [9.17, 15) is 9.59 Å². The number of carboxylic acids is 1. The summed E-state index contributed by atoms with van der Waals surface area (Å²) in [6.07, 6.45) is 1.21. The Balaban J connectivity index is 1.93. The Morgan fingerprint density at radius 1 is 1.27 bits per heavy atom. The van der Waals surface area contributed by atoms with Crippen molar-refractivity contribution in [2.24, 2.45) is 5.41 Å². The zero-order chi connectivity index (χ0) is 16.0. The van der Waals surface area contributed by atoms with Gasteiger partial charge in [-0.1, -0.05) is 12.1 Å². The molecular formula is C16H21NO5. The highest BCUT2D eigenvalue weighted by molar-refractivity contribution is 5.97. The summed E-state index contributed by atoms with van der Waals surface area (Å²) < 4.78 is 10.7. The summed E-state index contributed by atoms with van der Waals surface area (Å²) in [5.41, 5.74) is -0.374. The minimum atomic E-state index is -0.853. The van der Waals surface area contributed by atoms with Gasteiger partial charge in [-0.2, -0.15) is 0 Å². The molecule has 120 valence electrons. The van der Waals surface area contributed by atoms with Crippen LogP contribution in [0.4, 0.5) is 0 Å². The molecule has 1 aliphatic carbocycles. The van der Waals surface area contributed by atoms with E-state index in [-0.39, 0.29) is 12.5 Å². The number of hydrogen-bond donors (Lipinski definition) is 2. The quantitative estimate of drug-likeness (QED) is 0.678. The van der Waals surface area contributed by atoms with Gasteiger partial charge in [-0.05, 0) is 31.9 Å². The minimum absolute atomic E-state index is 0.147. The molecule has 1 aromatic rings. The van der Waals surface area contributed by atoms with Gasteiger partial charge < -0.3 is 19.9 Å². The van der Waals surface area contributed by atoms with E-state index in [0.29, 0.717) is 44.0 Å². The van der Waals surface area contributed by atoms with E-state index in [1.165, 1.54) is 0 Å². The number of benzene rings is 1. The lowest BCUT2D eigenvalue weighted by Gasteiger charge is -2.14. The standard InChI is InChI=1S/C16H21NO5/c1-2-21-9-10-22-13-6-4-3-5-12(13)14(18)17-11-16(7-8-16)15(19)20/h3-6H,2,7-11H2,1H3,(H,17,18)(H,19,20). The lowest BCUT2D eigenvalue weighted by molar-refractivity contribution is -0.143. The molecule has 1 aromatic carbocycles. The fourth-order valence-electron chi connectivity index (χ4n) is 2.10. The van der Waals surface area contributed by atoms with Gasteiger partial charge in [0.15, 0.2) is 0 Å². The molecule has 6 nitrogen and oxygen atoms in total. The van der Waals surface area contributed by atoms with Crippen LogP contribution in [0.5, 0.6) is 5.75 Å². The Morgan fingerprint density at radius 2 is 2.00 bits per heavy atom. The van der Waals surface area contributed by atoms with Crippen LogP contribution in [0.1, 0.15) is 30.1 Å². The molecule has 1 saturated carbocycles. The number of hydrogen-bond acceptors (Lipinski definition) is 4. The molecule has 1 fully saturated rings. The lowest BCUT2D eigenvalue weighted by Crippen LogP contribution is -2.34. The largest absolute Gasteiger partial charge is 0.490 e. The van der Waals surface area contributed by atoms with Crippen LogP contribution in [0, 0.1) is 5.41 Å². The first kappa shape index (κ1) is 16.3. The van der Waals surface area contributed by atoms with E-state index in [4.69, 9.17) is 14.6 Å². The van der Waals surface area contributed by atoms with Crippen molar-refractivity contribution in [1.82, 2.24) is 5.32 Å². The predicted octanol–water partition coefficient (Wildman–Crippen LogP) is 1.70. The van der Waals surface area contributed by atoms with Crippen molar-refractivity contribution in [2.45, 2.75) is 19.8 Å². The van der Waals surface area contributed by atoms with Crippen molar-refractivity contribution in [3.05, 3.63) is 29.8 Å². The summed E-state index contributed by atoms with van der Waals surface area (Å²) in [5, 5.41) is 11.8. The Hall–Kier alpha value is -2.08. The highest BCUT2D eigenvalue weighted by Crippen LogP contribution is 2.45. The number of aliphatic carboxylic acids is 1. The average molecular weight is 307 g/mol. The average Bonchev–Trinajstić information content (AvgIpc) is 3.31. The summed E-state index contributed by atoms with van der Waals surface area (Å²) in [7, 11) is 0. The monoisotopic (exact) mass is 307 g/mol. The van der Waals surface area contributed by atoms with Crippen molar-refractivity contribution in [3.63, 3.8) is 0 Å². The smallest absolute Gasteiger partial charge is 0.311 e. The zero-order valence-electron chi connectivity index (χ0n) is 12.6. The van der Waals surface area contributed by atoms with E-state index in [0.717, 1.165) is 0 Å². The first-order chi connectivity index (χ1) is 10.6. The normalized spacial score (nSPS) is 15.1. The number of ether oxygens (including phenoxy) is 2. The van der Waals surface area contributed by atoms with Gasteiger partial charge in [0.2, 0.25) is 0 Å². The Bertz CT molecular complexity index is 539. The van der Waals surface area contributed by atoms with Gasteiger partial charge in [0, 0.05) is 13.2 Å². The van der Waals surface area contributed by atoms with E-state index in [2.05, 4.69) is 5.32 Å². The third kappa shape index (κ3) is 3.98. The molecule has 2 N–H and O–H groups in total. The van der Waals surface area contributed by atoms with Crippen molar-refractivity contribution >= 4 is 11.9 Å². The Morgan fingerprint density at radius 3 is 2.64 bits per heavy atom. The van der Waals surface area contributed by atoms with Crippen LogP contribution in [0.15, 0.2) is 24.3 Å². The number of rotatable bonds is 9. The fourth-order valence-corrected chi connectivity index (χ4v) is 2.10. The van der Waals surface area contributed by atoms with E-state index >= 15 is 0 Å². The molecule has 2 rings (SSSR count). The maximum Gasteiger partial charge on any atom is 0.311 e. The number of para-hydroxylation sites is 1. The third-order valence-electron chi connectivity index (χ3n) is 3.72. The van der Waals surface area contributed by atoms with E-state index in [1.807, 2.05) is 6.92 Å². The summed E-state index contributed by atoms with van der Waals surface area (Å²) in [6, 6.07) is 6.90. The first-order valence-electron chi connectivity index (χ1n) is 7.40. The second-order valence-corrected chi connectivity index (χ2v) is 5.31. The topological polar surface area (TPSA) is 84.9 Å². The molecule has 1 amide bonds. The molecule has 0 radical (unpaired) electrons. The van der Waals surface area contributed by atoms with Crippen LogP contribution in [0.2, 0.25) is 0 Å². The van der Waals surface area contributed by atoms with Crippen LogP contribution >= 0.6 is 0 Å². The molecule has 0 saturated heterocycles. The molecular weight excluding hydrogens is 286 g/mol. The summed E-state index contributed by atoms with van der Waals surface area (Å²) >= 11 is 0. The first-order valence-corrected chi connectivity index (χ1v) is 7.40. The highest BCUT2D eigenvalue weighted by atomic mass is 16.5. The highest BCUT2D eigenvalue weighted by Gasteiger charge is 2.50. The maximum atomic E-state index is 12.2. The lowest BCUT2D eigenvalue weighted by atomic mass is 10.1. The van der Waals surface area contributed by atoms with Crippen molar-refractivity contribution in [2.75, 3.05) is 26.4 Å². The van der Waals surface area contributed by atoms with Gasteiger partial charge in [0.05, 0.1) is 17.6 Å². The molecule has 22 heavy (non-hydrogen) atoms. The maximum absolute atomic E-state index is 12.2. The van der Waals surface area contributed by atoms with Gasteiger partial charge >= 0.3 is 5.97 Å². The van der Waals surface area contributed by atoms with Crippen molar-refractivity contribution < 1.29 is 24.2 Å². The predicted molar refractivity (Wildman–Crippen MR) is 80.1 cm³/mol. The Kier molecular flexibility index (Phi) is 5.38.